The zero-order chi connectivity index (χ0) is 14.5. The van der Waals surface area contributed by atoms with Crippen molar-refractivity contribution in [3.63, 3.8) is 0 Å². The van der Waals surface area contributed by atoms with Gasteiger partial charge in [0.15, 0.2) is 0 Å². The van der Waals surface area contributed by atoms with E-state index >= 15 is 0 Å². The third-order valence-electron chi connectivity index (χ3n) is 3.39. The van der Waals surface area contributed by atoms with Gasteiger partial charge in [-0.1, -0.05) is 24.3 Å². The number of nitrogens with one attached hydrogen (secondary N) is 1. The van der Waals surface area contributed by atoms with Crippen LogP contribution in [0.25, 0.3) is 5.69 Å². The van der Waals surface area contributed by atoms with Crippen molar-refractivity contribution in [2.45, 2.75) is 19.5 Å². The normalized spacial score (nSPS) is 12.2. The molecule has 2 heterocycles. The van der Waals surface area contributed by atoms with E-state index in [1.165, 1.54) is 0 Å². The maximum Gasteiger partial charge on any atom is 0.0767 e. The molecule has 0 amide bonds. The molecule has 0 radical (unpaired) electrons. The van der Waals surface area contributed by atoms with Crippen LogP contribution < -0.4 is 5.32 Å². The SMILES string of the molecule is C[C@@H](NCc1ccn(-c2ccccc2)n1)c1ccccn1. The maximum atomic E-state index is 4.58. The van der Waals surface area contributed by atoms with Crippen molar-refractivity contribution in [1.82, 2.24) is 20.1 Å². The van der Waals surface area contributed by atoms with Gasteiger partial charge in [-0.25, -0.2) is 4.68 Å². The summed E-state index contributed by atoms with van der Waals surface area (Å²) in [4.78, 5) is 4.36. The molecule has 4 nitrogen and oxygen atoms in total. The van der Waals surface area contributed by atoms with Crippen molar-refractivity contribution in [1.29, 1.82) is 0 Å². The lowest BCUT2D eigenvalue weighted by molar-refractivity contribution is 0.552. The molecule has 3 aromatic rings. The highest BCUT2D eigenvalue weighted by Crippen LogP contribution is 2.10. The van der Waals surface area contributed by atoms with Crippen LogP contribution in [0.5, 0.6) is 0 Å². The maximum absolute atomic E-state index is 4.58. The predicted octanol–water partition coefficient (Wildman–Crippen LogP) is 3.12. The second-order valence-corrected chi connectivity index (χ2v) is 4.94. The van der Waals surface area contributed by atoms with Crippen LogP contribution in [-0.4, -0.2) is 14.8 Å². The van der Waals surface area contributed by atoms with Crippen LogP contribution in [0.1, 0.15) is 24.4 Å². The van der Waals surface area contributed by atoms with Crippen molar-refractivity contribution in [3.05, 3.63) is 78.4 Å². The predicted molar refractivity (Wildman–Crippen MR) is 83.1 cm³/mol. The number of aromatic nitrogens is 3. The van der Waals surface area contributed by atoms with Crippen LogP contribution in [-0.2, 0) is 6.54 Å². The summed E-state index contributed by atoms with van der Waals surface area (Å²) in [5.74, 6) is 0. The second-order valence-electron chi connectivity index (χ2n) is 4.94. The highest BCUT2D eigenvalue weighted by Gasteiger charge is 2.07. The quantitative estimate of drug-likeness (QED) is 0.779. The number of hydrogen-bond acceptors (Lipinski definition) is 3. The molecule has 2 aromatic heterocycles. The third-order valence-corrected chi connectivity index (χ3v) is 3.39. The number of hydrogen-bond donors (Lipinski definition) is 1. The van der Waals surface area contributed by atoms with Gasteiger partial charge in [0.2, 0.25) is 0 Å². The molecule has 1 atom stereocenters. The Labute approximate surface area is 124 Å². The summed E-state index contributed by atoms with van der Waals surface area (Å²) in [5.41, 5.74) is 3.13. The summed E-state index contributed by atoms with van der Waals surface area (Å²) in [5, 5.41) is 8.02. The zero-order valence-corrected chi connectivity index (χ0v) is 12.0. The third kappa shape index (κ3) is 3.35. The summed E-state index contributed by atoms with van der Waals surface area (Å²) in [6, 6.07) is 18.3. The van der Waals surface area contributed by atoms with Crippen LogP contribution >= 0.6 is 0 Å². The molecule has 0 fully saturated rings. The summed E-state index contributed by atoms with van der Waals surface area (Å²) in [6.07, 6.45) is 3.80. The van der Waals surface area contributed by atoms with Crippen LogP contribution in [0.15, 0.2) is 67.0 Å². The Balaban J connectivity index is 1.63. The molecule has 0 saturated heterocycles. The van der Waals surface area contributed by atoms with Crippen molar-refractivity contribution in [3.8, 4) is 5.69 Å². The first kappa shape index (κ1) is 13.5. The number of rotatable bonds is 5. The van der Waals surface area contributed by atoms with Crippen LogP contribution in [0.2, 0.25) is 0 Å². The van der Waals surface area contributed by atoms with E-state index in [1.807, 2.05) is 71.7 Å². The van der Waals surface area contributed by atoms with E-state index in [-0.39, 0.29) is 6.04 Å². The zero-order valence-electron chi connectivity index (χ0n) is 12.0. The Kier molecular flexibility index (Phi) is 4.07. The van der Waals surface area contributed by atoms with Gasteiger partial charge in [0.25, 0.3) is 0 Å². The van der Waals surface area contributed by atoms with E-state index < -0.39 is 0 Å². The van der Waals surface area contributed by atoms with Crippen molar-refractivity contribution in [2.24, 2.45) is 0 Å². The molecule has 1 N–H and O–H groups in total. The van der Waals surface area contributed by atoms with Gasteiger partial charge in [0.1, 0.15) is 0 Å². The standard InChI is InChI=1S/C17H18N4/c1-14(17-9-5-6-11-18-17)19-13-15-10-12-21(20-15)16-7-3-2-4-8-16/h2-12,14,19H,13H2,1H3/t14-/m1/s1. The summed E-state index contributed by atoms with van der Waals surface area (Å²) in [7, 11) is 0. The molecular weight excluding hydrogens is 260 g/mol. The lowest BCUT2D eigenvalue weighted by atomic mass is 10.2. The van der Waals surface area contributed by atoms with E-state index in [0.717, 1.165) is 23.6 Å². The van der Waals surface area contributed by atoms with Crippen molar-refractivity contribution < 1.29 is 0 Å². The molecule has 3 rings (SSSR count). The smallest absolute Gasteiger partial charge is 0.0767 e. The first-order valence-corrected chi connectivity index (χ1v) is 7.07. The summed E-state index contributed by atoms with van der Waals surface area (Å²) >= 11 is 0. The number of benzene rings is 1. The lowest BCUT2D eigenvalue weighted by Gasteiger charge is -2.11. The van der Waals surface area contributed by atoms with Gasteiger partial charge >= 0.3 is 0 Å². The Hall–Kier alpha value is -2.46. The Bertz CT molecular complexity index is 676. The number of pyridine rings is 1. The minimum atomic E-state index is 0.202. The van der Waals surface area contributed by atoms with Gasteiger partial charge in [-0.05, 0) is 37.3 Å². The molecule has 4 heteroatoms. The van der Waals surface area contributed by atoms with Gasteiger partial charge < -0.3 is 5.32 Å². The molecule has 0 spiro atoms. The fraction of sp³-hybridized carbons (Fsp3) is 0.176. The lowest BCUT2D eigenvalue weighted by Crippen LogP contribution is -2.19. The fourth-order valence-corrected chi connectivity index (χ4v) is 2.17. The fourth-order valence-electron chi connectivity index (χ4n) is 2.17. The van der Waals surface area contributed by atoms with E-state index in [9.17, 15) is 0 Å². The molecule has 0 aliphatic carbocycles. The molecule has 0 saturated carbocycles. The number of para-hydroxylation sites is 1. The molecule has 0 aliphatic rings. The number of nitrogens with zero attached hydrogens (tertiary/aromatic N) is 3. The largest absolute Gasteiger partial charge is 0.303 e. The first-order chi connectivity index (χ1) is 10.3. The Morgan fingerprint density at radius 1 is 1.05 bits per heavy atom. The van der Waals surface area contributed by atoms with E-state index in [2.05, 4.69) is 22.3 Å². The van der Waals surface area contributed by atoms with Gasteiger partial charge in [0.05, 0.1) is 17.1 Å². The van der Waals surface area contributed by atoms with Crippen molar-refractivity contribution >= 4 is 0 Å². The van der Waals surface area contributed by atoms with Crippen LogP contribution in [0, 0.1) is 0 Å². The Morgan fingerprint density at radius 2 is 1.86 bits per heavy atom. The van der Waals surface area contributed by atoms with Gasteiger partial charge in [0, 0.05) is 25.0 Å². The Morgan fingerprint density at radius 3 is 2.62 bits per heavy atom. The highest BCUT2D eigenvalue weighted by molar-refractivity contribution is 5.30. The summed E-state index contributed by atoms with van der Waals surface area (Å²) in [6.45, 7) is 2.83. The van der Waals surface area contributed by atoms with E-state index in [0.29, 0.717) is 0 Å². The first-order valence-electron chi connectivity index (χ1n) is 7.07. The monoisotopic (exact) mass is 278 g/mol. The van der Waals surface area contributed by atoms with Crippen LogP contribution in [0.3, 0.4) is 0 Å². The second kappa shape index (κ2) is 6.33. The van der Waals surface area contributed by atoms with Crippen LogP contribution in [0.4, 0.5) is 0 Å². The average molecular weight is 278 g/mol. The van der Waals surface area contributed by atoms with Gasteiger partial charge in [-0.3, -0.25) is 4.98 Å². The summed E-state index contributed by atoms with van der Waals surface area (Å²) < 4.78 is 1.89. The van der Waals surface area contributed by atoms with E-state index in [4.69, 9.17) is 0 Å². The minimum absolute atomic E-state index is 0.202. The van der Waals surface area contributed by atoms with Crippen molar-refractivity contribution in [2.75, 3.05) is 0 Å². The van der Waals surface area contributed by atoms with E-state index in [1.54, 1.807) is 0 Å². The molecule has 21 heavy (non-hydrogen) atoms. The van der Waals surface area contributed by atoms with Gasteiger partial charge in [-0.2, -0.15) is 5.10 Å². The molecule has 0 aliphatic heterocycles. The topological polar surface area (TPSA) is 42.7 Å². The molecule has 0 bridgehead atoms. The minimum Gasteiger partial charge on any atom is -0.303 e. The molecular formula is C17H18N4. The highest BCUT2D eigenvalue weighted by atomic mass is 15.3. The van der Waals surface area contributed by atoms with Gasteiger partial charge in [-0.15, -0.1) is 0 Å². The molecule has 1 aromatic carbocycles. The molecule has 0 unspecified atom stereocenters. The molecule has 106 valence electrons. The average Bonchev–Trinajstić information content (AvgIpc) is 3.03.